The average Bonchev–Trinajstić information content (AvgIpc) is 3.28. The van der Waals surface area contributed by atoms with Crippen LogP contribution in [0.2, 0.25) is 0 Å². The molecule has 0 amide bonds. The fraction of sp³-hybridized carbons (Fsp3) is 0.316. The molecule has 3 aromatic rings. The summed E-state index contributed by atoms with van der Waals surface area (Å²) in [5.74, 6) is 1.63. The smallest absolute Gasteiger partial charge is 0.175 e. The molecule has 0 radical (unpaired) electrons. The van der Waals surface area contributed by atoms with Crippen molar-refractivity contribution >= 4 is 5.82 Å². The van der Waals surface area contributed by atoms with Crippen LogP contribution in [0.1, 0.15) is 24.1 Å². The quantitative estimate of drug-likeness (QED) is 0.725. The molecule has 0 atom stereocenters. The van der Waals surface area contributed by atoms with Gasteiger partial charge in [-0.1, -0.05) is 30.3 Å². The van der Waals surface area contributed by atoms with E-state index in [1.807, 2.05) is 31.3 Å². The molecule has 5 nitrogen and oxygen atoms in total. The third kappa shape index (κ3) is 2.77. The summed E-state index contributed by atoms with van der Waals surface area (Å²) < 4.78 is 1.75. The van der Waals surface area contributed by atoms with Crippen LogP contribution in [0.3, 0.4) is 0 Å². The highest BCUT2D eigenvalue weighted by Crippen LogP contribution is 2.48. The van der Waals surface area contributed by atoms with Gasteiger partial charge in [0.25, 0.3) is 0 Å². The van der Waals surface area contributed by atoms with Gasteiger partial charge in [0.1, 0.15) is 0 Å². The van der Waals surface area contributed by atoms with Gasteiger partial charge in [-0.15, -0.1) is 10.2 Å². The fourth-order valence-corrected chi connectivity index (χ4v) is 3.20. The Kier molecular flexibility index (Phi) is 3.56. The Morgan fingerprint density at radius 2 is 1.83 bits per heavy atom. The van der Waals surface area contributed by atoms with Crippen LogP contribution >= 0.6 is 0 Å². The first-order valence-electron chi connectivity index (χ1n) is 8.29. The van der Waals surface area contributed by atoms with Crippen LogP contribution in [0.15, 0.2) is 54.7 Å². The maximum absolute atomic E-state index is 4.38. The maximum Gasteiger partial charge on any atom is 0.175 e. The number of hydrogen-bond acceptors (Lipinski definition) is 4. The number of rotatable bonds is 5. The molecule has 0 spiro atoms. The first-order chi connectivity index (χ1) is 11.7. The monoisotopic (exact) mass is 319 g/mol. The van der Waals surface area contributed by atoms with E-state index in [1.165, 1.54) is 18.4 Å². The lowest BCUT2D eigenvalue weighted by molar-refractivity contribution is 0.664. The van der Waals surface area contributed by atoms with Crippen molar-refractivity contribution in [2.45, 2.75) is 25.2 Å². The van der Waals surface area contributed by atoms with Gasteiger partial charge in [0.15, 0.2) is 11.6 Å². The van der Waals surface area contributed by atoms with E-state index in [-0.39, 0.29) is 5.41 Å². The number of anilines is 1. The number of likely N-dealkylation sites (N-methyl/N-ethyl adjacent to an activating group) is 1. The molecule has 2 aromatic heterocycles. The zero-order valence-electron chi connectivity index (χ0n) is 14.1. The predicted octanol–water partition coefficient (Wildman–Crippen LogP) is 3.14. The topological polar surface area (TPSA) is 46.8 Å². The molecule has 1 saturated carbocycles. The standard InChI is InChI=1S/C19H21N5/c1-15-10-13-24(22-15)18-9-8-17(20-21-18)23(2)14-19(11-12-19)16-6-4-3-5-7-16/h3-10,13H,11-12,14H2,1-2H3. The van der Waals surface area contributed by atoms with Gasteiger partial charge in [-0.3, -0.25) is 0 Å². The predicted molar refractivity (Wildman–Crippen MR) is 94.5 cm³/mol. The highest BCUT2D eigenvalue weighted by atomic mass is 15.4. The molecule has 0 saturated heterocycles. The number of aryl methyl sites for hydroxylation is 1. The molecular formula is C19H21N5. The zero-order valence-corrected chi connectivity index (χ0v) is 14.1. The van der Waals surface area contributed by atoms with Crippen molar-refractivity contribution in [2.75, 3.05) is 18.5 Å². The third-order valence-corrected chi connectivity index (χ3v) is 4.76. The van der Waals surface area contributed by atoms with E-state index >= 15 is 0 Å². The van der Waals surface area contributed by atoms with Crippen molar-refractivity contribution < 1.29 is 0 Å². The summed E-state index contributed by atoms with van der Waals surface area (Å²) in [6.45, 7) is 2.93. The molecule has 0 aliphatic heterocycles. The summed E-state index contributed by atoms with van der Waals surface area (Å²) in [7, 11) is 2.09. The molecule has 0 N–H and O–H groups in total. The van der Waals surface area contributed by atoms with Crippen LogP contribution in [0, 0.1) is 6.92 Å². The molecule has 1 aliphatic rings. The normalized spacial score (nSPS) is 15.2. The van der Waals surface area contributed by atoms with Crippen molar-refractivity contribution in [1.82, 2.24) is 20.0 Å². The van der Waals surface area contributed by atoms with Gasteiger partial charge >= 0.3 is 0 Å². The van der Waals surface area contributed by atoms with Crippen LogP contribution < -0.4 is 4.90 Å². The van der Waals surface area contributed by atoms with Crippen molar-refractivity contribution in [3.05, 3.63) is 66.0 Å². The highest BCUT2D eigenvalue weighted by Gasteiger charge is 2.45. The lowest BCUT2D eigenvalue weighted by Crippen LogP contribution is -2.30. The summed E-state index contributed by atoms with van der Waals surface area (Å²) in [5.41, 5.74) is 2.67. The Morgan fingerprint density at radius 1 is 1.04 bits per heavy atom. The van der Waals surface area contributed by atoms with Gasteiger partial charge in [0.05, 0.1) is 5.69 Å². The second kappa shape index (κ2) is 5.74. The molecule has 24 heavy (non-hydrogen) atoms. The molecule has 4 rings (SSSR count). The summed E-state index contributed by atoms with van der Waals surface area (Å²) >= 11 is 0. The van der Waals surface area contributed by atoms with Crippen LogP contribution in [0.4, 0.5) is 5.82 Å². The lowest BCUT2D eigenvalue weighted by Gasteiger charge is -2.24. The summed E-state index contributed by atoms with van der Waals surface area (Å²) in [4.78, 5) is 2.20. The Bertz CT molecular complexity index is 818. The summed E-state index contributed by atoms with van der Waals surface area (Å²) in [6.07, 6.45) is 4.37. The van der Waals surface area contributed by atoms with Crippen molar-refractivity contribution in [1.29, 1.82) is 0 Å². The molecular weight excluding hydrogens is 298 g/mol. The maximum atomic E-state index is 4.38. The molecule has 1 fully saturated rings. The fourth-order valence-electron chi connectivity index (χ4n) is 3.20. The highest BCUT2D eigenvalue weighted by molar-refractivity contribution is 5.42. The Balaban J connectivity index is 1.50. The van der Waals surface area contributed by atoms with E-state index in [0.717, 1.165) is 23.9 Å². The largest absolute Gasteiger partial charge is 0.357 e. The molecule has 122 valence electrons. The first kappa shape index (κ1) is 14.9. The molecule has 1 aliphatic carbocycles. The van der Waals surface area contributed by atoms with Crippen molar-refractivity contribution in [2.24, 2.45) is 0 Å². The third-order valence-electron chi connectivity index (χ3n) is 4.76. The van der Waals surface area contributed by atoms with Crippen LogP contribution in [0.25, 0.3) is 5.82 Å². The van der Waals surface area contributed by atoms with E-state index in [9.17, 15) is 0 Å². The van der Waals surface area contributed by atoms with Gasteiger partial charge in [-0.25, -0.2) is 4.68 Å². The van der Waals surface area contributed by atoms with Gasteiger partial charge in [0.2, 0.25) is 0 Å². The van der Waals surface area contributed by atoms with E-state index in [1.54, 1.807) is 4.68 Å². The molecule has 5 heteroatoms. The van der Waals surface area contributed by atoms with Gasteiger partial charge < -0.3 is 4.90 Å². The zero-order chi connectivity index (χ0) is 16.6. The second-order valence-corrected chi connectivity index (χ2v) is 6.65. The van der Waals surface area contributed by atoms with Gasteiger partial charge in [-0.2, -0.15) is 5.10 Å². The lowest BCUT2D eigenvalue weighted by atomic mass is 9.95. The van der Waals surface area contributed by atoms with E-state index in [0.29, 0.717) is 0 Å². The summed E-state index contributed by atoms with van der Waals surface area (Å²) in [6, 6.07) is 16.7. The number of nitrogens with zero attached hydrogens (tertiary/aromatic N) is 5. The average molecular weight is 319 g/mol. The number of aromatic nitrogens is 4. The molecule has 0 unspecified atom stereocenters. The van der Waals surface area contributed by atoms with E-state index in [2.05, 4.69) is 57.6 Å². The molecule has 2 heterocycles. The van der Waals surface area contributed by atoms with Gasteiger partial charge in [-0.05, 0) is 43.5 Å². The first-order valence-corrected chi connectivity index (χ1v) is 8.29. The Morgan fingerprint density at radius 3 is 2.42 bits per heavy atom. The number of hydrogen-bond donors (Lipinski definition) is 0. The minimum Gasteiger partial charge on any atom is -0.357 e. The Hall–Kier alpha value is -2.69. The molecule has 1 aromatic carbocycles. The van der Waals surface area contributed by atoms with E-state index < -0.39 is 0 Å². The Labute approximate surface area is 142 Å². The van der Waals surface area contributed by atoms with Crippen LogP contribution in [-0.2, 0) is 5.41 Å². The van der Waals surface area contributed by atoms with Crippen molar-refractivity contribution in [3.8, 4) is 5.82 Å². The minimum absolute atomic E-state index is 0.273. The number of benzene rings is 1. The van der Waals surface area contributed by atoms with Crippen LogP contribution in [-0.4, -0.2) is 33.6 Å². The molecule has 0 bridgehead atoms. The van der Waals surface area contributed by atoms with Crippen LogP contribution in [0.5, 0.6) is 0 Å². The SMILES string of the molecule is Cc1ccn(-c2ccc(N(C)CC3(c4ccccc4)CC3)nn2)n1. The van der Waals surface area contributed by atoms with Crippen molar-refractivity contribution in [3.63, 3.8) is 0 Å². The van der Waals surface area contributed by atoms with Gasteiger partial charge in [0, 0.05) is 25.2 Å². The summed E-state index contributed by atoms with van der Waals surface area (Å²) in [5, 5.41) is 13.1. The minimum atomic E-state index is 0.273. The second-order valence-electron chi connectivity index (χ2n) is 6.65. The van der Waals surface area contributed by atoms with E-state index in [4.69, 9.17) is 0 Å².